The Morgan fingerprint density at radius 3 is 2.67 bits per heavy atom. The highest BCUT2D eigenvalue weighted by molar-refractivity contribution is 5.98. The van der Waals surface area contributed by atoms with Crippen LogP contribution in [0.3, 0.4) is 0 Å². The maximum absolute atomic E-state index is 12.0. The van der Waals surface area contributed by atoms with E-state index in [1.165, 1.54) is 0 Å². The van der Waals surface area contributed by atoms with Gasteiger partial charge < -0.3 is 14.8 Å². The fourth-order valence-electron chi connectivity index (χ4n) is 1.74. The summed E-state index contributed by atoms with van der Waals surface area (Å²) in [4.78, 5) is 23.6. The lowest BCUT2D eigenvalue weighted by Gasteiger charge is -2.08. The van der Waals surface area contributed by atoms with E-state index in [0.717, 1.165) is 0 Å². The van der Waals surface area contributed by atoms with E-state index in [4.69, 9.17) is 9.47 Å². The zero-order valence-electron chi connectivity index (χ0n) is 12.8. The number of hydrogen-bond acceptors (Lipinski definition) is 4. The van der Waals surface area contributed by atoms with Gasteiger partial charge in [0, 0.05) is 24.9 Å². The average Bonchev–Trinajstić information content (AvgIpc) is 2.49. The zero-order chi connectivity index (χ0) is 15.7. The van der Waals surface area contributed by atoms with Crippen molar-refractivity contribution in [2.45, 2.75) is 32.8 Å². The third-order valence-electron chi connectivity index (χ3n) is 2.85. The van der Waals surface area contributed by atoms with Crippen molar-refractivity contribution in [2.24, 2.45) is 0 Å². The van der Waals surface area contributed by atoms with Gasteiger partial charge in [0.2, 0.25) is 5.91 Å². The molecule has 0 bridgehead atoms. The molecule has 116 valence electrons. The molecule has 0 aliphatic heterocycles. The van der Waals surface area contributed by atoms with Crippen LogP contribution in [0.15, 0.2) is 24.3 Å². The van der Waals surface area contributed by atoms with Gasteiger partial charge in [0.25, 0.3) is 0 Å². The zero-order valence-corrected chi connectivity index (χ0v) is 12.8. The SMILES string of the molecule is COc1cccc(C(=O)CCC(=O)NCCOC(C)C)c1. The summed E-state index contributed by atoms with van der Waals surface area (Å²) in [6.07, 6.45) is 0.512. The van der Waals surface area contributed by atoms with Gasteiger partial charge in [-0.1, -0.05) is 12.1 Å². The van der Waals surface area contributed by atoms with E-state index in [1.807, 2.05) is 13.8 Å². The summed E-state index contributed by atoms with van der Waals surface area (Å²) in [6.45, 7) is 4.82. The number of ether oxygens (including phenoxy) is 2. The van der Waals surface area contributed by atoms with Crippen molar-refractivity contribution in [1.29, 1.82) is 0 Å². The first-order chi connectivity index (χ1) is 10.0. The van der Waals surface area contributed by atoms with E-state index in [1.54, 1.807) is 31.4 Å². The Balaban J connectivity index is 2.30. The summed E-state index contributed by atoms with van der Waals surface area (Å²) in [5, 5.41) is 2.73. The molecular formula is C16H23NO4. The van der Waals surface area contributed by atoms with E-state index in [0.29, 0.717) is 24.5 Å². The van der Waals surface area contributed by atoms with Crippen LogP contribution in [0.2, 0.25) is 0 Å². The Hall–Kier alpha value is -1.88. The summed E-state index contributed by atoms with van der Waals surface area (Å²) >= 11 is 0. The van der Waals surface area contributed by atoms with E-state index < -0.39 is 0 Å². The van der Waals surface area contributed by atoms with Crippen LogP contribution in [0.1, 0.15) is 37.0 Å². The molecule has 1 aromatic carbocycles. The predicted octanol–water partition coefficient (Wildman–Crippen LogP) is 2.20. The van der Waals surface area contributed by atoms with Gasteiger partial charge in [0.15, 0.2) is 5.78 Å². The Morgan fingerprint density at radius 1 is 1.24 bits per heavy atom. The first-order valence-corrected chi connectivity index (χ1v) is 7.08. The summed E-state index contributed by atoms with van der Waals surface area (Å²) in [5.74, 6) is 0.428. The molecule has 1 rings (SSSR count). The normalized spacial score (nSPS) is 10.5. The maximum atomic E-state index is 12.0. The smallest absolute Gasteiger partial charge is 0.220 e. The molecule has 21 heavy (non-hydrogen) atoms. The van der Waals surface area contributed by atoms with Crippen molar-refractivity contribution in [2.75, 3.05) is 20.3 Å². The molecule has 0 radical (unpaired) electrons. The lowest BCUT2D eigenvalue weighted by Crippen LogP contribution is -2.28. The Labute approximate surface area is 125 Å². The van der Waals surface area contributed by atoms with Crippen molar-refractivity contribution in [3.63, 3.8) is 0 Å². The first kappa shape index (κ1) is 17.2. The third-order valence-corrected chi connectivity index (χ3v) is 2.85. The van der Waals surface area contributed by atoms with Gasteiger partial charge in [-0.2, -0.15) is 0 Å². The molecule has 0 fully saturated rings. The summed E-state index contributed by atoms with van der Waals surface area (Å²) in [5.41, 5.74) is 0.560. The quantitative estimate of drug-likeness (QED) is 0.560. The number of hydrogen-bond donors (Lipinski definition) is 1. The number of methoxy groups -OCH3 is 1. The minimum absolute atomic E-state index is 0.0671. The molecule has 0 spiro atoms. The van der Waals surface area contributed by atoms with Crippen LogP contribution in [0, 0.1) is 0 Å². The summed E-state index contributed by atoms with van der Waals surface area (Å²) < 4.78 is 10.4. The Kier molecular flexibility index (Phi) is 7.46. The monoisotopic (exact) mass is 293 g/mol. The molecule has 0 unspecified atom stereocenters. The third kappa shape index (κ3) is 6.90. The molecule has 0 aliphatic rings. The van der Waals surface area contributed by atoms with E-state index in [9.17, 15) is 9.59 Å². The molecule has 5 nitrogen and oxygen atoms in total. The highest BCUT2D eigenvalue weighted by Crippen LogP contribution is 2.14. The highest BCUT2D eigenvalue weighted by atomic mass is 16.5. The lowest BCUT2D eigenvalue weighted by molar-refractivity contribution is -0.121. The summed E-state index contributed by atoms with van der Waals surface area (Å²) in [6, 6.07) is 6.93. The van der Waals surface area contributed by atoms with Crippen molar-refractivity contribution in [3.05, 3.63) is 29.8 Å². The van der Waals surface area contributed by atoms with Gasteiger partial charge in [0.1, 0.15) is 5.75 Å². The molecule has 0 atom stereocenters. The van der Waals surface area contributed by atoms with Gasteiger partial charge in [0.05, 0.1) is 19.8 Å². The number of carbonyl (C=O) groups is 2. The lowest BCUT2D eigenvalue weighted by atomic mass is 10.1. The molecule has 0 saturated carbocycles. The largest absolute Gasteiger partial charge is 0.497 e. The molecule has 0 heterocycles. The van der Waals surface area contributed by atoms with Crippen LogP contribution in [0.4, 0.5) is 0 Å². The Bertz CT molecular complexity index is 471. The van der Waals surface area contributed by atoms with E-state index in [-0.39, 0.29) is 30.6 Å². The van der Waals surface area contributed by atoms with Crippen molar-refractivity contribution < 1.29 is 19.1 Å². The molecule has 5 heteroatoms. The summed E-state index contributed by atoms with van der Waals surface area (Å²) in [7, 11) is 1.55. The molecule has 0 aliphatic carbocycles. The number of rotatable bonds is 9. The van der Waals surface area contributed by atoms with Crippen LogP contribution < -0.4 is 10.1 Å². The molecular weight excluding hydrogens is 270 g/mol. The average molecular weight is 293 g/mol. The number of benzene rings is 1. The van der Waals surface area contributed by atoms with Crippen LogP contribution in [0.25, 0.3) is 0 Å². The molecule has 1 aromatic rings. The number of ketones is 1. The van der Waals surface area contributed by atoms with Crippen molar-refractivity contribution in [1.82, 2.24) is 5.32 Å². The maximum Gasteiger partial charge on any atom is 0.220 e. The van der Waals surface area contributed by atoms with Gasteiger partial charge in [-0.15, -0.1) is 0 Å². The molecule has 0 aromatic heterocycles. The number of Topliss-reactive ketones (excluding diaryl/α,β-unsaturated/α-hetero) is 1. The van der Waals surface area contributed by atoms with Crippen LogP contribution in [-0.2, 0) is 9.53 Å². The van der Waals surface area contributed by atoms with Crippen LogP contribution in [0.5, 0.6) is 5.75 Å². The molecule has 1 N–H and O–H groups in total. The van der Waals surface area contributed by atoms with Crippen molar-refractivity contribution >= 4 is 11.7 Å². The molecule has 0 saturated heterocycles. The second kappa shape index (κ2) is 9.13. The predicted molar refractivity (Wildman–Crippen MR) is 80.7 cm³/mol. The van der Waals surface area contributed by atoms with E-state index in [2.05, 4.69) is 5.32 Å². The minimum Gasteiger partial charge on any atom is -0.497 e. The topological polar surface area (TPSA) is 64.6 Å². The second-order valence-electron chi connectivity index (χ2n) is 4.92. The van der Waals surface area contributed by atoms with Gasteiger partial charge in [-0.05, 0) is 26.0 Å². The van der Waals surface area contributed by atoms with Gasteiger partial charge in [-0.3, -0.25) is 9.59 Å². The van der Waals surface area contributed by atoms with Crippen LogP contribution >= 0.6 is 0 Å². The molecule has 1 amide bonds. The van der Waals surface area contributed by atoms with Crippen molar-refractivity contribution in [3.8, 4) is 5.75 Å². The Morgan fingerprint density at radius 2 is 2.00 bits per heavy atom. The number of carbonyl (C=O) groups excluding carboxylic acids is 2. The first-order valence-electron chi connectivity index (χ1n) is 7.08. The fourth-order valence-corrected chi connectivity index (χ4v) is 1.74. The number of amides is 1. The number of nitrogens with one attached hydrogen (secondary N) is 1. The highest BCUT2D eigenvalue weighted by Gasteiger charge is 2.10. The van der Waals surface area contributed by atoms with Crippen LogP contribution in [-0.4, -0.2) is 38.1 Å². The second-order valence-corrected chi connectivity index (χ2v) is 4.92. The standard InChI is InChI=1S/C16H23NO4/c1-12(2)21-10-9-17-16(19)8-7-15(18)13-5-4-6-14(11-13)20-3/h4-6,11-12H,7-10H2,1-3H3,(H,17,19). The fraction of sp³-hybridized carbons (Fsp3) is 0.500. The minimum atomic E-state index is -0.140. The van der Waals surface area contributed by atoms with Gasteiger partial charge >= 0.3 is 0 Å². The van der Waals surface area contributed by atoms with E-state index >= 15 is 0 Å². The van der Waals surface area contributed by atoms with Gasteiger partial charge in [-0.25, -0.2) is 0 Å².